The number of carboxylic acid groups (broad SMARTS) is 1. The number of hydrogen-bond donors (Lipinski definition) is 2. The van der Waals surface area contributed by atoms with Gasteiger partial charge in [0.1, 0.15) is 11.3 Å². The Labute approximate surface area is 97.0 Å². The van der Waals surface area contributed by atoms with E-state index in [2.05, 4.69) is 0 Å². The van der Waals surface area contributed by atoms with Crippen LogP contribution >= 0.6 is 0 Å². The van der Waals surface area contributed by atoms with E-state index in [1.165, 1.54) is 13.0 Å². The van der Waals surface area contributed by atoms with Gasteiger partial charge in [-0.25, -0.2) is 8.78 Å². The highest BCUT2D eigenvalue weighted by Gasteiger charge is 2.27. The SMILES string of the molecule is CC(N)(CCOc1ccc(F)c(F)c1)C(=O)O. The van der Waals surface area contributed by atoms with Crippen molar-refractivity contribution < 1.29 is 23.4 Å². The second-order valence-corrected chi connectivity index (χ2v) is 3.90. The average molecular weight is 245 g/mol. The van der Waals surface area contributed by atoms with Gasteiger partial charge in [-0.2, -0.15) is 0 Å². The Hall–Kier alpha value is -1.69. The maximum Gasteiger partial charge on any atom is 0.323 e. The second kappa shape index (κ2) is 5.09. The molecular formula is C11H13F2NO3. The average Bonchev–Trinajstić information content (AvgIpc) is 2.23. The largest absolute Gasteiger partial charge is 0.493 e. The lowest BCUT2D eigenvalue weighted by molar-refractivity contribution is -0.143. The summed E-state index contributed by atoms with van der Waals surface area (Å²) in [6, 6.07) is 3.08. The van der Waals surface area contributed by atoms with E-state index in [9.17, 15) is 13.6 Å². The summed E-state index contributed by atoms with van der Waals surface area (Å²) in [7, 11) is 0. The molecule has 0 saturated carbocycles. The number of carboxylic acids is 1. The fourth-order valence-corrected chi connectivity index (χ4v) is 1.05. The number of aliphatic carboxylic acids is 1. The van der Waals surface area contributed by atoms with Gasteiger partial charge in [0.25, 0.3) is 0 Å². The highest BCUT2D eigenvalue weighted by molar-refractivity contribution is 5.77. The molecule has 17 heavy (non-hydrogen) atoms. The summed E-state index contributed by atoms with van der Waals surface area (Å²) in [5.74, 6) is -3.00. The van der Waals surface area contributed by atoms with E-state index < -0.39 is 23.1 Å². The minimum atomic E-state index is -1.40. The number of benzene rings is 1. The van der Waals surface area contributed by atoms with Gasteiger partial charge in [-0.3, -0.25) is 4.79 Å². The number of ether oxygens (including phenoxy) is 1. The highest BCUT2D eigenvalue weighted by atomic mass is 19.2. The molecule has 4 nitrogen and oxygen atoms in total. The van der Waals surface area contributed by atoms with Crippen molar-refractivity contribution >= 4 is 5.97 Å². The molecule has 0 fully saturated rings. The molecule has 1 aromatic rings. The van der Waals surface area contributed by atoms with Gasteiger partial charge in [0, 0.05) is 12.5 Å². The Morgan fingerprint density at radius 1 is 1.47 bits per heavy atom. The first-order chi connectivity index (χ1) is 7.83. The van der Waals surface area contributed by atoms with Gasteiger partial charge >= 0.3 is 5.97 Å². The Morgan fingerprint density at radius 2 is 2.12 bits per heavy atom. The zero-order chi connectivity index (χ0) is 13.1. The van der Waals surface area contributed by atoms with Crippen LogP contribution in [-0.4, -0.2) is 23.2 Å². The van der Waals surface area contributed by atoms with E-state index in [4.69, 9.17) is 15.6 Å². The van der Waals surface area contributed by atoms with Crippen molar-refractivity contribution in [2.45, 2.75) is 18.9 Å². The summed E-state index contributed by atoms with van der Waals surface area (Å²) < 4.78 is 30.5. The third-order valence-corrected chi connectivity index (χ3v) is 2.27. The van der Waals surface area contributed by atoms with Crippen LogP contribution in [0.2, 0.25) is 0 Å². The maximum atomic E-state index is 12.8. The van der Waals surface area contributed by atoms with Crippen molar-refractivity contribution in [1.29, 1.82) is 0 Å². The molecule has 0 aliphatic rings. The van der Waals surface area contributed by atoms with E-state index in [0.29, 0.717) is 0 Å². The normalized spacial score (nSPS) is 14.1. The summed E-state index contributed by atoms with van der Waals surface area (Å²) >= 11 is 0. The number of carbonyl (C=O) groups is 1. The molecule has 0 bridgehead atoms. The minimum absolute atomic E-state index is 0.00434. The summed E-state index contributed by atoms with van der Waals surface area (Å²) in [6.45, 7) is 1.36. The number of hydrogen-bond acceptors (Lipinski definition) is 3. The van der Waals surface area contributed by atoms with Crippen LogP contribution in [0.5, 0.6) is 5.75 Å². The molecule has 0 amide bonds. The van der Waals surface area contributed by atoms with Gasteiger partial charge in [0.05, 0.1) is 6.61 Å². The lowest BCUT2D eigenvalue weighted by Gasteiger charge is -2.18. The lowest BCUT2D eigenvalue weighted by Crippen LogP contribution is -2.45. The fraction of sp³-hybridized carbons (Fsp3) is 0.364. The fourth-order valence-electron chi connectivity index (χ4n) is 1.05. The first-order valence-corrected chi connectivity index (χ1v) is 4.93. The molecule has 1 atom stereocenters. The number of halogens is 2. The maximum absolute atomic E-state index is 12.8. The smallest absolute Gasteiger partial charge is 0.323 e. The molecule has 0 heterocycles. The Bertz CT molecular complexity index is 421. The minimum Gasteiger partial charge on any atom is -0.493 e. The third kappa shape index (κ3) is 3.67. The first kappa shape index (κ1) is 13.4. The van der Waals surface area contributed by atoms with Gasteiger partial charge < -0.3 is 15.6 Å². The van der Waals surface area contributed by atoms with Crippen molar-refractivity contribution in [1.82, 2.24) is 0 Å². The summed E-state index contributed by atoms with van der Waals surface area (Å²) in [5.41, 5.74) is 4.06. The molecule has 1 unspecified atom stereocenters. The predicted octanol–water partition coefficient (Wildman–Crippen LogP) is 1.54. The Morgan fingerprint density at radius 3 is 2.65 bits per heavy atom. The van der Waals surface area contributed by atoms with Crippen LogP contribution in [0.15, 0.2) is 18.2 Å². The molecule has 0 saturated heterocycles. The van der Waals surface area contributed by atoms with Crippen molar-refractivity contribution in [3.63, 3.8) is 0 Å². The topological polar surface area (TPSA) is 72.5 Å². The molecule has 1 aromatic carbocycles. The zero-order valence-corrected chi connectivity index (χ0v) is 9.24. The lowest BCUT2D eigenvalue weighted by atomic mass is 10.0. The first-order valence-electron chi connectivity index (χ1n) is 4.93. The van der Waals surface area contributed by atoms with E-state index in [0.717, 1.165) is 12.1 Å². The molecule has 0 aliphatic heterocycles. The Kier molecular flexibility index (Phi) is 4.01. The quantitative estimate of drug-likeness (QED) is 0.825. The van der Waals surface area contributed by atoms with Crippen molar-refractivity contribution in [3.05, 3.63) is 29.8 Å². The van der Waals surface area contributed by atoms with Crippen LogP contribution in [0, 0.1) is 11.6 Å². The van der Waals surface area contributed by atoms with E-state index in [-0.39, 0.29) is 18.8 Å². The van der Waals surface area contributed by atoms with Crippen molar-refractivity contribution in [3.8, 4) is 5.75 Å². The molecule has 94 valence electrons. The van der Waals surface area contributed by atoms with Crippen LogP contribution in [0.25, 0.3) is 0 Å². The van der Waals surface area contributed by atoms with Gasteiger partial charge in [-0.1, -0.05) is 0 Å². The van der Waals surface area contributed by atoms with Gasteiger partial charge in [0.15, 0.2) is 11.6 Å². The predicted molar refractivity (Wildman–Crippen MR) is 56.7 cm³/mol. The summed E-state index contributed by atoms with van der Waals surface area (Å²) in [5, 5.41) is 8.73. The molecule has 0 aromatic heterocycles. The van der Waals surface area contributed by atoms with Crippen LogP contribution in [0.1, 0.15) is 13.3 Å². The van der Waals surface area contributed by atoms with Crippen LogP contribution in [0.3, 0.4) is 0 Å². The van der Waals surface area contributed by atoms with Gasteiger partial charge in [0.2, 0.25) is 0 Å². The number of nitrogens with two attached hydrogens (primary N) is 1. The Balaban J connectivity index is 2.51. The number of rotatable bonds is 5. The zero-order valence-electron chi connectivity index (χ0n) is 9.24. The monoisotopic (exact) mass is 245 g/mol. The van der Waals surface area contributed by atoms with E-state index in [1.807, 2.05) is 0 Å². The van der Waals surface area contributed by atoms with E-state index in [1.54, 1.807) is 0 Å². The highest BCUT2D eigenvalue weighted by Crippen LogP contribution is 2.16. The van der Waals surface area contributed by atoms with Crippen molar-refractivity contribution in [2.75, 3.05) is 6.61 Å². The van der Waals surface area contributed by atoms with Crippen LogP contribution < -0.4 is 10.5 Å². The van der Waals surface area contributed by atoms with E-state index >= 15 is 0 Å². The third-order valence-electron chi connectivity index (χ3n) is 2.27. The second-order valence-electron chi connectivity index (χ2n) is 3.90. The summed E-state index contributed by atoms with van der Waals surface area (Å²) in [6.07, 6.45) is 0.0569. The molecule has 0 radical (unpaired) electrons. The van der Waals surface area contributed by atoms with Gasteiger partial charge in [-0.15, -0.1) is 0 Å². The van der Waals surface area contributed by atoms with Crippen molar-refractivity contribution in [2.24, 2.45) is 5.73 Å². The molecule has 3 N–H and O–H groups in total. The standard InChI is InChI=1S/C11H13F2NO3/c1-11(14,10(15)16)4-5-17-7-2-3-8(12)9(13)6-7/h2-3,6H,4-5,14H2,1H3,(H,15,16). The molecule has 1 rings (SSSR count). The van der Waals surface area contributed by atoms with Crippen LogP contribution in [-0.2, 0) is 4.79 Å². The molecule has 0 aliphatic carbocycles. The summed E-state index contributed by atoms with van der Waals surface area (Å²) in [4.78, 5) is 10.7. The molecule has 6 heteroatoms. The van der Waals surface area contributed by atoms with Crippen LogP contribution in [0.4, 0.5) is 8.78 Å². The molecule has 0 spiro atoms. The van der Waals surface area contributed by atoms with Gasteiger partial charge in [-0.05, 0) is 19.1 Å². The molecular weight excluding hydrogens is 232 g/mol.